The topological polar surface area (TPSA) is 36.7 Å². The van der Waals surface area contributed by atoms with Crippen LogP contribution in [0, 0.1) is 31.1 Å². The van der Waals surface area contributed by atoms with E-state index in [4.69, 9.17) is 0 Å². The van der Waals surface area contributed by atoms with Crippen molar-refractivity contribution in [2.75, 3.05) is 0 Å². The second kappa shape index (κ2) is 4.02. The summed E-state index contributed by atoms with van der Waals surface area (Å²) in [4.78, 5) is 4.42. The molecule has 0 radical (unpaired) electrons. The molecular weight excluding hydrogens is 184 g/mol. The lowest BCUT2D eigenvalue weighted by Crippen LogP contribution is -2.02. The maximum absolute atomic E-state index is 9.17. The molecule has 0 bridgehead atoms. The first-order chi connectivity index (χ1) is 7.20. The van der Waals surface area contributed by atoms with E-state index in [-0.39, 0.29) is 5.92 Å². The monoisotopic (exact) mass is 200 g/mol. The van der Waals surface area contributed by atoms with Crippen LogP contribution in [0.1, 0.15) is 42.1 Å². The van der Waals surface area contributed by atoms with Crippen molar-refractivity contribution in [1.29, 1.82) is 5.26 Å². The molecule has 0 amide bonds. The van der Waals surface area contributed by atoms with Crippen LogP contribution in [0.2, 0.25) is 0 Å². The van der Waals surface area contributed by atoms with E-state index in [1.807, 2.05) is 19.9 Å². The molecule has 0 spiro atoms. The second-order valence-corrected chi connectivity index (χ2v) is 4.49. The summed E-state index contributed by atoms with van der Waals surface area (Å²) in [5.41, 5.74) is 3.16. The average molecular weight is 200 g/mol. The van der Waals surface area contributed by atoms with Crippen LogP contribution in [0.3, 0.4) is 0 Å². The summed E-state index contributed by atoms with van der Waals surface area (Å²) < 4.78 is 0. The summed E-state index contributed by atoms with van der Waals surface area (Å²) >= 11 is 0. The number of nitriles is 1. The van der Waals surface area contributed by atoms with Gasteiger partial charge >= 0.3 is 0 Å². The molecule has 15 heavy (non-hydrogen) atoms. The third kappa shape index (κ3) is 2.36. The Morgan fingerprint density at radius 3 is 2.73 bits per heavy atom. The molecule has 2 nitrogen and oxygen atoms in total. The molecule has 0 aromatic carbocycles. The zero-order valence-electron chi connectivity index (χ0n) is 9.33. The van der Waals surface area contributed by atoms with Crippen LogP contribution in [-0.2, 0) is 0 Å². The van der Waals surface area contributed by atoms with Crippen molar-refractivity contribution in [2.45, 2.75) is 39.0 Å². The van der Waals surface area contributed by atoms with Gasteiger partial charge in [-0.15, -0.1) is 0 Å². The largest absolute Gasteiger partial charge is 0.258 e. The Morgan fingerprint density at radius 2 is 2.20 bits per heavy atom. The summed E-state index contributed by atoms with van der Waals surface area (Å²) in [5, 5.41) is 9.17. The van der Waals surface area contributed by atoms with Crippen LogP contribution in [-0.4, -0.2) is 4.98 Å². The van der Waals surface area contributed by atoms with Gasteiger partial charge in [0, 0.05) is 11.4 Å². The molecule has 1 fully saturated rings. The van der Waals surface area contributed by atoms with Gasteiger partial charge in [0.15, 0.2) is 0 Å². The van der Waals surface area contributed by atoms with E-state index in [0.717, 1.165) is 29.3 Å². The van der Waals surface area contributed by atoms with Gasteiger partial charge in [-0.05, 0) is 37.8 Å². The summed E-state index contributed by atoms with van der Waals surface area (Å²) in [6, 6.07) is 6.47. The first-order valence-corrected chi connectivity index (χ1v) is 5.54. The number of aromatic nitrogens is 1. The summed E-state index contributed by atoms with van der Waals surface area (Å²) in [6.45, 7) is 3.98. The molecule has 2 heteroatoms. The fraction of sp³-hybridized carbons (Fsp3) is 0.538. The number of hydrogen-bond acceptors (Lipinski definition) is 2. The number of aryl methyl sites for hydroxylation is 2. The maximum atomic E-state index is 9.17. The smallest absolute Gasteiger partial charge is 0.0733 e. The van der Waals surface area contributed by atoms with E-state index in [0.29, 0.717) is 0 Å². The molecule has 1 aromatic heterocycles. The summed E-state index contributed by atoms with van der Waals surface area (Å²) in [5.74, 6) is 0.834. The zero-order chi connectivity index (χ0) is 10.8. The average Bonchev–Trinajstić information content (AvgIpc) is 2.99. The van der Waals surface area contributed by atoms with Gasteiger partial charge in [-0.2, -0.15) is 5.26 Å². The third-order valence-electron chi connectivity index (χ3n) is 3.06. The van der Waals surface area contributed by atoms with Crippen molar-refractivity contribution >= 4 is 0 Å². The molecular formula is C13H16N2. The lowest BCUT2D eigenvalue weighted by Gasteiger charge is -2.11. The van der Waals surface area contributed by atoms with Gasteiger partial charge in [0.25, 0.3) is 0 Å². The van der Waals surface area contributed by atoms with Crippen LogP contribution in [0.5, 0.6) is 0 Å². The predicted molar refractivity (Wildman–Crippen MR) is 59.4 cm³/mol. The van der Waals surface area contributed by atoms with E-state index in [9.17, 15) is 5.26 Å². The van der Waals surface area contributed by atoms with Crippen molar-refractivity contribution in [1.82, 2.24) is 4.98 Å². The van der Waals surface area contributed by atoms with Gasteiger partial charge in [-0.25, -0.2) is 0 Å². The fourth-order valence-electron chi connectivity index (χ4n) is 2.00. The van der Waals surface area contributed by atoms with Crippen molar-refractivity contribution in [3.05, 3.63) is 29.1 Å². The first-order valence-electron chi connectivity index (χ1n) is 5.54. The lowest BCUT2D eigenvalue weighted by atomic mass is 9.93. The number of pyridine rings is 1. The Balaban J connectivity index is 2.21. The molecule has 1 aliphatic carbocycles. The summed E-state index contributed by atoms with van der Waals surface area (Å²) in [7, 11) is 0. The first kappa shape index (κ1) is 10.2. The van der Waals surface area contributed by atoms with Gasteiger partial charge in [0.05, 0.1) is 12.0 Å². The van der Waals surface area contributed by atoms with Gasteiger partial charge in [0.1, 0.15) is 0 Å². The van der Waals surface area contributed by atoms with Gasteiger partial charge in [-0.3, -0.25) is 4.98 Å². The highest BCUT2D eigenvalue weighted by atomic mass is 14.7. The van der Waals surface area contributed by atoms with Crippen LogP contribution in [0.4, 0.5) is 0 Å². The van der Waals surface area contributed by atoms with E-state index >= 15 is 0 Å². The van der Waals surface area contributed by atoms with Crippen molar-refractivity contribution < 1.29 is 0 Å². The summed E-state index contributed by atoms with van der Waals surface area (Å²) in [6.07, 6.45) is 3.62. The standard InChI is InChI=1S/C13H16N2/c1-9-3-6-13(10(2)15-9)12(8-14)7-11-4-5-11/h3,6,11-12H,4-5,7H2,1-2H3/t12-/m1/s1. The Morgan fingerprint density at radius 1 is 1.47 bits per heavy atom. The number of hydrogen-bond donors (Lipinski definition) is 0. The SMILES string of the molecule is Cc1ccc([C@@H](C#N)CC2CC2)c(C)n1. The van der Waals surface area contributed by atoms with Crippen LogP contribution < -0.4 is 0 Å². The highest BCUT2D eigenvalue weighted by Crippen LogP contribution is 2.38. The molecule has 1 aliphatic rings. The van der Waals surface area contributed by atoms with Gasteiger partial charge in [-0.1, -0.05) is 18.9 Å². The van der Waals surface area contributed by atoms with E-state index in [1.165, 1.54) is 12.8 Å². The molecule has 1 heterocycles. The molecule has 1 aromatic rings. The van der Waals surface area contributed by atoms with E-state index in [1.54, 1.807) is 0 Å². The van der Waals surface area contributed by atoms with Gasteiger partial charge < -0.3 is 0 Å². The Kier molecular flexibility index (Phi) is 2.73. The predicted octanol–water partition coefficient (Wildman–Crippen LogP) is 3.11. The van der Waals surface area contributed by atoms with Crippen LogP contribution >= 0.6 is 0 Å². The highest BCUT2D eigenvalue weighted by molar-refractivity contribution is 5.30. The molecule has 2 rings (SSSR count). The van der Waals surface area contributed by atoms with Crippen molar-refractivity contribution in [3.8, 4) is 6.07 Å². The van der Waals surface area contributed by atoms with Crippen molar-refractivity contribution in [2.24, 2.45) is 5.92 Å². The Hall–Kier alpha value is -1.36. The minimum absolute atomic E-state index is 0.0469. The molecule has 1 atom stereocenters. The molecule has 78 valence electrons. The Labute approximate surface area is 91.0 Å². The minimum Gasteiger partial charge on any atom is -0.258 e. The normalized spacial score (nSPS) is 17.1. The minimum atomic E-state index is 0.0469. The molecule has 0 saturated heterocycles. The number of rotatable bonds is 3. The Bertz CT molecular complexity index is 399. The van der Waals surface area contributed by atoms with Crippen molar-refractivity contribution in [3.63, 3.8) is 0 Å². The van der Waals surface area contributed by atoms with Gasteiger partial charge in [0.2, 0.25) is 0 Å². The number of nitrogens with zero attached hydrogens (tertiary/aromatic N) is 2. The third-order valence-corrected chi connectivity index (χ3v) is 3.06. The maximum Gasteiger partial charge on any atom is 0.0733 e. The van der Waals surface area contributed by atoms with Crippen LogP contribution in [0.15, 0.2) is 12.1 Å². The molecule has 0 aliphatic heterocycles. The highest BCUT2D eigenvalue weighted by Gasteiger charge is 2.27. The van der Waals surface area contributed by atoms with Crippen LogP contribution in [0.25, 0.3) is 0 Å². The molecule has 0 unspecified atom stereocenters. The lowest BCUT2D eigenvalue weighted by molar-refractivity contribution is 0.665. The zero-order valence-corrected chi connectivity index (χ0v) is 9.33. The fourth-order valence-corrected chi connectivity index (χ4v) is 2.00. The molecule has 1 saturated carbocycles. The molecule has 0 N–H and O–H groups in total. The van der Waals surface area contributed by atoms with E-state index < -0.39 is 0 Å². The quantitative estimate of drug-likeness (QED) is 0.751. The second-order valence-electron chi connectivity index (χ2n) is 4.49. The van der Waals surface area contributed by atoms with E-state index in [2.05, 4.69) is 17.1 Å².